The Bertz CT molecular complexity index is 289. The largest absolute Gasteiger partial charge is 0.299 e. The third kappa shape index (κ3) is 2.18. The van der Waals surface area contributed by atoms with Crippen LogP contribution in [0.4, 0.5) is 0 Å². The van der Waals surface area contributed by atoms with E-state index in [1.54, 1.807) is 0 Å². The molecule has 0 aromatic carbocycles. The number of hydrogen-bond acceptors (Lipinski definition) is 2. The monoisotopic (exact) mass is 206 g/mol. The van der Waals surface area contributed by atoms with Crippen LogP contribution in [0.3, 0.4) is 0 Å². The fourth-order valence-corrected chi connectivity index (χ4v) is 4.03. The van der Waals surface area contributed by atoms with Crippen molar-refractivity contribution in [3.8, 4) is 6.07 Å². The Labute approximate surface area is 93.3 Å². The Morgan fingerprint density at radius 2 is 2.07 bits per heavy atom. The average Bonchev–Trinajstić information content (AvgIpc) is 2.31. The molecule has 0 unspecified atom stereocenters. The first-order chi connectivity index (χ1) is 6.94. The summed E-state index contributed by atoms with van der Waals surface area (Å²) in [6, 6.07) is 3.01. The van der Waals surface area contributed by atoms with Gasteiger partial charge in [0.05, 0.1) is 6.07 Å². The molecule has 15 heavy (non-hydrogen) atoms. The summed E-state index contributed by atoms with van der Waals surface area (Å²) in [5.41, 5.74) is 1.01. The van der Waals surface area contributed by atoms with Crippen LogP contribution in [-0.2, 0) is 0 Å². The highest BCUT2D eigenvalue weighted by Gasteiger charge is 2.49. The lowest BCUT2D eigenvalue weighted by atomic mass is 9.65. The van der Waals surface area contributed by atoms with E-state index < -0.39 is 0 Å². The maximum absolute atomic E-state index is 8.66. The second kappa shape index (κ2) is 3.49. The average molecular weight is 206 g/mol. The minimum absolute atomic E-state index is 0.499. The van der Waals surface area contributed by atoms with Crippen LogP contribution in [0.15, 0.2) is 0 Å². The van der Waals surface area contributed by atoms with Gasteiger partial charge in [0.2, 0.25) is 0 Å². The molecule has 0 N–H and O–H groups in total. The summed E-state index contributed by atoms with van der Waals surface area (Å²) in [5, 5.41) is 8.66. The maximum atomic E-state index is 8.66. The predicted molar refractivity (Wildman–Crippen MR) is 61.3 cm³/mol. The molecule has 0 aromatic rings. The zero-order valence-electron chi connectivity index (χ0n) is 10.2. The van der Waals surface area contributed by atoms with Gasteiger partial charge < -0.3 is 0 Å². The van der Waals surface area contributed by atoms with Gasteiger partial charge in [0.25, 0.3) is 0 Å². The van der Waals surface area contributed by atoms with Gasteiger partial charge in [0.1, 0.15) is 0 Å². The predicted octanol–water partition coefficient (Wildman–Crippen LogP) is 2.80. The molecule has 2 bridgehead atoms. The lowest BCUT2D eigenvalue weighted by Gasteiger charge is -2.39. The minimum atomic E-state index is 0.499. The van der Waals surface area contributed by atoms with Crippen molar-refractivity contribution in [2.75, 3.05) is 13.1 Å². The molecule has 1 heterocycles. The molecule has 84 valence electrons. The van der Waals surface area contributed by atoms with Crippen molar-refractivity contribution in [3.63, 3.8) is 0 Å². The zero-order chi connectivity index (χ0) is 11.1. The highest BCUT2D eigenvalue weighted by atomic mass is 15.2. The van der Waals surface area contributed by atoms with Gasteiger partial charge in [0.15, 0.2) is 0 Å². The molecule has 2 rings (SSSR count). The molecule has 0 amide bonds. The number of hydrogen-bond donors (Lipinski definition) is 0. The third-order valence-electron chi connectivity index (χ3n) is 4.03. The second-order valence-corrected chi connectivity index (χ2v) is 6.59. The molecule has 1 saturated carbocycles. The molecule has 1 aliphatic heterocycles. The van der Waals surface area contributed by atoms with Gasteiger partial charge in [0, 0.05) is 25.6 Å². The topological polar surface area (TPSA) is 27.0 Å². The Balaban J connectivity index is 2.07. The lowest BCUT2D eigenvalue weighted by Crippen LogP contribution is -2.35. The summed E-state index contributed by atoms with van der Waals surface area (Å²) < 4.78 is 0. The summed E-state index contributed by atoms with van der Waals surface area (Å²) in [4.78, 5) is 2.55. The van der Waals surface area contributed by atoms with Crippen LogP contribution in [0.5, 0.6) is 0 Å². The smallest absolute Gasteiger partial charge is 0.0635 e. The van der Waals surface area contributed by atoms with E-state index >= 15 is 0 Å². The number of likely N-dealkylation sites (tertiary alicyclic amines) is 1. The van der Waals surface area contributed by atoms with Gasteiger partial charge >= 0.3 is 0 Å². The van der Waals surface area contributed by atoms with Crippen molar-refractivity contribution in [3.05, 3.63) is 0 Å². The molecule has 1 aliphatic carbocycles. The molecule has 2 aliphatic rings. The van der Waals surface area contributed by atoms with E-state index in [-0.39, 0.29) is 0 Å². The molecular formula is C13H22N2. The van der Waals surface area contributed by atoms with Gasteiger partial charge in [-0.15, -0.1) is 0 Å². The highest BCUT2D eigenvalue weighted by molar-refractivity contribution is 5.02. The number of nitrogens with zero attached hydrogens (tertiary/aromatic N) is 2. The van der Waals surface area contributed by atoms with Gasteiger partial charge in [-0.2, -0.15) is 5.26 Å². The quantitative estimate of drug-likeness (QED) is 0.694. The van der Waals surface area contributed by atoms with Gasteiger partial charge in [-0.1, -0.05) is 20.8 Å². The van der Waals surface area contributed by atoms with E-state index in [9.17, 15) is 0 Å². The van der Waals surface area contributed by atoms with E-state index in [2.05, 4.69) is 31.7 Å². The summed E-state index contributed by atoms with van der Waals surface area (Å²) in [5.74, 6) is 0. The van der Waals surface area contributed by atoms with E-state index in [4.69, 9.17) is 5.26 Å². The minimum Gasteiger partial charge on any atom is -0.299 e. The van der Waals surface area contributed by atoms with Crippen molar-refractivity contribution in [2.24, 2.45) is 10.8 Å². The summed E-state index contributed by atoms with van der Waals surface area (Å²) in [6.07, 6.45) is 4.70. The van der Waals surface area contributed by atoms with Gasteiger partial charge in [-0.05, 0) is 30.1 Å². The fraction of sp³-hybridized carbons (Fsp3) is 0.923. The van der Waals surface area contributed by atoms with Gasteiger partial charge in [-0.3, -0.25) is 4.90 Å². The first-order valence-corrected chi connectivity index (χ1v) is 6.05. The van der Waals surface area contributed by atoms with Crippen LogP contribution in [0.25, 0.3) is 0 Å². The molecule has 2 heteroatoms. The van der Waals surface area contributed by atoms with E-state index in [1.807, 2.05) is 0 Å². The number of fused-ring (bicyclic) bond motifs is 2. The molecule has 1 saturated heterocycles. The molecule has 0 radical (unpaired) electrons. The van der Waals surface area contributed by atoms with Crippen molar-refractivity contribution in [2.45, 2.75) is 52.5 Å². The summed E-state index contributed by atoms with van der Waals surface area (Å²) in [6.45, 7) is 9.40. The van der Waals surface area contributed by atoms with Crippen LogP contribution in [0.2, 0.25) is 0 Å². The molecule has 2 atom stereocenters. The van der Waals surface area contributed by atoms with Crippen LogP contribution in [0.1, 0.15) is 46.5 Å². The Morgan fingerprint density at radius 1 is 1.33 bits per heavy atom. The standard InChI is InChI=1S/C13H22N2/c1-12(2)7-11-8-13(3,9-12)10-15(11)6-4-5-14/h11H,4,6-10H2,1-3H3/t11-,13-/m1/s1. The summed E-state index contributed by atoms with van der Waals surface area (Å²) >= 11 is 0. The molecule has 0 spiro atoms. The molecule has 0 aromatic heterocycles. The van der Waals surface area contributed by atoms with Crippen LogP contribution < -0.4 is 0 Å². The van der Waals surface area contributed by atoms with Crippen LogP contribution in [-0.4, -0.2) is 24.0 Å². The van der Waals surface area contributed by atoms with E-state index in [1.165, 1.54) is 25.8 Å². The summed E-state index contributed by atoms with van der Waals surface area (Å²) in [7, 11) is 0. The normalized spacial score (nSPS) is 38.9. The molecule has 2 fully saturated rings. The van der Waals surface area contributed by atoms with Crippen molar-refractivity contribution in [1.82, 2.24) is 4.90 Å². The van der Waals surface area contributed by atoms with Crippen molar-refractivity contribution in [1.29, 1.82) is 5.26 Å². The first kappa shape index (κ1) is 11.0. The third-order valence-corrected chi connectivity index (χ3v) is 4.03. The van der Waals surface area contributed by atoms with Gasteiger partial charge in [-0.25, -0.2) is 0 Å². The van der Waals surface area contributed by atoms with Crippen molar-refractivity contribution < 1.29 is 0 Å². The lowest BCUT2D eigenvalue weighted by molar-refractivity contribution is 0.127. The molecular weight excluding hydrogens is 184 g/mol. The Hall–Kier alpha value is -0.550. The van der Waals surface area contributed by atoms with E-state index in [0.717, 1.165) is 12.6 Å². The van der Waals surface area contributed by atoms with Crippen LogP contribution in [0, 0.1) is 22.2 Å². The second-order valence-electron chi connectivity index (χ2n) is 6.59. The first-order valence-electron chi connectivity index (χ1n) is 6.05. The van der Waals surface area contributed by atoms with Crippen LogP contribution >= 0.6 is 0 Å². The number of nitriles is 1. The Morgan fingerprint density at radius 3 is 2.73 bits per heavy atom. The maximum Gasteiger partial charge on any atom is 0.0635 e. The van der Waals surface area contributed by atoms with Crippen molar-refractivity contribution >= 4 is 0 Å². The Kier molecular flexibility index (Phi) is 2.55. The van der Waals surface area contributed by atoms with E-state index in [0.29, 0.717) is 17.3 Å². The SMILES string of the molecule is CC1(C)C[C@@H]2C[C@@](C)(CN2CCC#N)C1. The zero-order valence-corrected chi connectivity index (χ0v) is 10.2. The highest BCUT2D eigenvalue weighted by Crippen LogP contribution is 2.52. The fourth-order valence-electron chi connectivity index (χ4n) is 4.03. The number of rotatable bonds is 2. The molecule has 2 nitrogen and oxygen atoms in total.